The highest BCUT2D eigenvalue weighted by Gasteiger charge is 2.34. The van der Waals surface area contributed by atoms with E-state index in [1.54, 1.807) is 4.90 Å². The van der Waals surface area contributed by atoms with E-state index >= 15 is 0 Å². The van der Waals surface area contributed by atoms with E-state index in [1.165, 1.54) is 24.2 Å². The first kappa shape index (κ1) is 28.9. The van der Waals surface area contributed by atoms with Gasteiger partial charge in [0.05, 0.1) is 0 Å². The number of hydrogen-bond acceptors (Lipinski definition) is 4. The van der Waals surface area contributed by atoms with E-state index in [0.29, 0.717) is 25.1 Å². The van der Waals surface area contributed by atoms with Crippen LogP contribution >= 0.6 is 0 Å². The average molecular weight is 455 g/mol. The predicted octanol–water partition coefficient (Wildman–Crippen LogP) is 5.62. The van der Waals surface area contributed by atoms with Crippen molar-refractivity contribution in [1.82, 2.24) is 9.80 Å². The second-order valence-corrected chi connectivity index (χ2v) is 11.0. The molecule has 6 heteroatoms. The number of carbonyl (C=O) groups is 2. The quantitative estimate of drug-likeness (QED) is 0.203. The van der Waals surface area contributed by atoms with Crippen LogP contribution in [0.3, 0.4) is 0 Å². The summed E-state index contributed by atoms with van der Waals surface area (Å²) in [6.07, 6.45) is 12.0. The molecule has 0 aromatic heterocycles. The van der Waals surface area contributed by atoms with Gasteiger partial charge in [-0.1, -0.05) is 47.0 Å². The minimum absolute atomic E-state index is 0.0583. The second-order valence-electron chi connectivity index (χ2n) is 11.0. The van der Waals surface area contributed by atoms with Crippen molar-refractivity contribution >= 4 is 11.9 Å². The Balaban J connectivity index is 2.04. The van der Waals surface area contributed by atoms with E-state index in [1.807, 2.05) is 6.92 Å². The number of imide groups is 1. The molecule has 0 aromatic rings. The van der Waals surface area contributed by atoms with Crippen LogP contribution in [-0.4, -0.2) is 66.3 Å². The molecule has 3 amide bonds. The van der Waals surface area contributed by atoms with Gasteiger partial charge in [0.2, 0.25) is 5.91 Å². The van der Waals surface area contributed by atoms with Gasteiger partial charge < -0.3 is 14.7 Å². The number of hydrogen-bond donors (Lipinski definition) is 1. The number of rotatable bonds is 19. The lowest BCUT2D eigenvalue weighted by atomic mass is 9.82. The van der Waals surface area contributed by atoms with Crippen LogP contribution in [0.4, 0.5) is 4.79 Å². The van der Waals surface area contributed by atoms with Gasteiger partial charge in [0.1, 0.15) is 6.54 Å². The zero-order valence-corrected chi connectivity index (χ0v) is 21.6. The van der Waals surface area contributed by atoms with Gasteiger partial charge in [0.25, 0.3) is 0 Å². The van der Waals surface area contributed by atoms with E-state index in [4.69, 9.17) is 9.84 Å². The first-order valence-corrected chi connectivity index (χ1v) is 12.9. The molecule has 1 saturated heterocycles. The predicted molar refractivity (Wildman–Crippen MR) is 131 cm³/mol. The van der Waals surface area contributed by atoms with Crippen LogP contribution in [0.1, 0.15) is 105 Å². The third-order valence-electron chi connectivity index (χ3n) is 6.79. The second kappa shape index (κ2) is 14.9. The number of nitrogens with zero attached hydrogens (tertiary/aromatic N) is 2. The molecular formula is C26H50N2O4. The number of carbonyl (C=O) groups excluding carboxylic acids is 2. The fourth-order valence-corrected chi connectivity index (χ4v) is 4.46. The first-order valence-electron chi connectivity index (χ1n) is 12.9. The third-order valence-corrected chi connectivity index (χ3v) is 6.79. The largest absolute Gasteiger partial charge is 0.396 e. The Hall–Kier alpha value is -1.14. The molecule has 0 spiro atoms. The highest BCUT2D eigenvalue weighted by atomic mass is 16.5. The maximum absolute atomic E-state index is 12.2. The maximum Gasteiger partial charge on any atom is 0.327 e. The summed E-state index contributed by atoms with van der Waals surface area (Å²) in [5.74, 6) is -0.0583. The minimum Gasteiger partial charge on any atom is -0.396 e. The summed E-state index contributed by atoms with van der Waals surface area (Å²) >= 11 is 0. The van der Waals surface area contributed by atoms with Gasteiger partial charge in [-0.25, -0.2) is 4.79 Å². The number of aliphatic hydroxyl groups is 1. The molecule has 0 aliphatic carbocycles. The van der Waals surface area contributed by atoms with Crippen LogP contribution in [0.15, 0.2) is 0 Å². The summed E-state index contributed by atoms with van der Waals surface area (Å²) in [6.45, 7) is 14.5. The number of ether oxygens (including phenoxy) is 1. The zero-order chi connectivity index (χ0) is 24.0. The van der Waals surface area contributed by atoms with E-state index in [-0.39, 0.29) is 23.9 Å². The summed E-state index contributed by atoms with van der Waals surface area (Å²) < 4.78 is 5.84. The Morgan fingerprint density at radius 3 is 1.78 bits per heavy atom. The maximum atomic E-state index is 12.2. The molecule has 0 bridgehead atoms. The molecule has 0 radical (unpaired) electrons. The van der Waals surface area contributed by atoms with Crippen LogP contribution < -0.4 is 0 Å². The average Bonchev–Trinajstić information content (AvgIpc) is 3.00. The number of amides is 3. The number of urea groups is 1. The topological polar surface area (TPSA) is 70.1 Å². The van der Waals surface area contributed by atoms with Gasteiger partial charge in [-0.3, -0.25) is 9.69 Å². The normalized spacial score (nSPS) is 15.3. The van der Waals surface area contributed by atoms with Gasteiger partial charge in [-0.05, 0) is 69.1 Å². The van der Waals surface area contributed by atoms with E-state index in [9.17, 15) is 9.59 Å². The number of aliphatic hydroxyl groups excluding tert-OH is 1. The molecule has 6 nitrogen and oxygen atoms in total. The summed E-state index contributed by atoms with van der Waals surface area (Å²) in [6, 6.07) is -0.127. The minimum atomic E-state index is -0.127. The Kier molecular flexibility index (Phi) is 13.4. The molecule has 1 aliphatic heterocycles. The van der Waals surface area contributed by atoms with Crippen LogP contribution in [0.2, 0.25) is 0 Å². The van der Waals surface area contributed by atoms with Crippen molar-refractivity contribution in [2.45, 2.75) is 105 Å². The summed E-state index contributed by atoms with van der Waals surface area (Å²) in [5.41, 5.74) is 0.587. The summed E-state index contributed by atoms with van der Waals surface area (Å²) in [5, 5.41) is 8.91. The molecule has 1 fully saturated rings. The van der Waals surface area contributed by atoms with Crippen LogP contribution in [-0.2, 0) is 9.53 Å². The number of unbranched alkanes of at least 4 members (excludes halogenated alkanes) is 3. The van der Waals surface area contributed by atoms with Crippen LogP contribution in [0.25, 0.3) is 0 Å². The molecule has 1 N–H and O–H groups in total. The van der Waals surface area contributed by atoms with Gasteiger partial charge in [-0.2, -0.15) is 0 Å². The van der Waals surface area contributed by atoms with Crippen molar-refractivity contribution in [3.8, 4) is 0 Å². The van der Waals surface area contributed by atoms with Crippen molar-refractivity contribution in [3.63, 3.8) is 0 Å². The molecule has 188 valence electrons. The summed E-state index contributed by atoms with van der Waals surface area (Å²) in [4.78, 5) is 27.2. The Morgan fingerprint density at radius 2 is 1.31 bits per heavy atom. The summed E-state index contributed by atoms with van der Waals surface area (Å²) in [7, 11) is 0. The Bertz CT molecular complexity index is 548. The molecule has 0 unspecified atom stereocenters. The smallest absolute Gasteiger partial charge is 0.327 e. The van der Waals surface area contributed by atoms with E-state index in [2.05, 4.69) is 27.7 Å². The molecule has 1 heterocycles. The standard InChI is InChI=1S/C26H50N2O4/c1-6-27-22-23(30)28(24(27)31)18-13-17-26(4,5)16-9-12-21-32-20-11-8-15-25(2,3)14-7-10-19-29/h29H,6-22H2,1-5H3. The molecule has 32 heavy (non-hydrogen) atoms. The molecule has 0 atom stereocenters. The molecular weight excluding hydrogens is 404 g/mol. The van der Waals surface area contributed by atoms with Crippen molar-refractivity contribution in [2.24, 2.45) is 10.8 Å². The van der Waals surface area contributed by atoms with Gasteiger partial charge >= 0.3 is 6.03 Å². The molecule has 1 rings (SSSR count). The highest BCUT2D eigenvalue weighted by molar-refractivity contribution is 6.01. The highest BCUT2D eigenvalue weighted by Crippen LogP contribution is 2.30. The fourth-order valence-electron chi connectivity index (χ4n) is 4.46. The molecule has 0 saturated carbocycles. The zero-order valence-electron chi connectivity index (χ0n) is 21.6. The van der Waals surface area contributed by atoms with Gasteiger partial charge in [-0.15, -0.1) is 0 Å². The lowest BCUT2D eigenvalue weighted by molar-refractivity contribution is -0.125. The van der Waals surface area contributed by atoms with Crippen molar-refractivity contribution in [2.75, 3.05) is 39.5 Å². The van der Waals surface area contributed by atoms with Crippen LogP contribution in [0.5, 0.6) is 0 Å². The Labute approximate surface area is 197 Å². The van der Waals surface area contributed by atoms with Crippen molar-refractivity contribution in [1.29, 1.82) is 0 Å². The van der Waals surface area contributed by atoms with E-state index < -0.39 is 0 Å². The molecule has 0 aromatic carbocycles. The molecule has 1 aliphatic rings. The lowest BCUT2D eigenvalue weighted by Gasteiger charge is -2.25. The third kappa shape index (κ3) is 11.6. The Morgan fingerprint density at radius 1 is 0.812 bits per heavy atom. The van der Waals surface area contributed by atoms with E-state index in [0.717, 1.165) is 64.6 Å². The van der Waals surface area contributed by atoms with Crippen molar-refractivity contribution < 1.29 is 19.4 Å². The SMILES string of the molecule is CCN1CC(=O)N(CCCC(C)(C)CCCCOCCCCC(C)(C)CCCCO)C1=O. The fraction of sp³-hybridized carbons (Fsp3) is 0.923. The van der Waals surface area contributed by atoms with Gasteiger partial charge in [0, 0.05) is 32.9 Å². The monoisotopic (exact) mass is 454 g/mol. The lowest BCUT2D eigenvalue weighted by Crippen LogP contribution is -2.34. The number of likely N-dealkylation sites (N-methyl/N-ethyl adjacent to an activating group) is 1. The first-order chi connectivity index (χ1) is 15.1. The van der Waals surface area contributed by atoms with Crippen LogP contribution in [0, 0.1) is 10.8 Å². The van der Waals surface area contributed by atoms with Gasteiger partial charge in [0.15, 0.2) is 0 Å². The van der Waals surface area contributed by atoms with Crippen molar-refractivity contribution in [3.05, 3.63) is 0 Å².